The second-order valence-electron chi connectivity index (χ2n) is 7.63. The summed E-state index contributed by atoms with van der Waals surface area (Å²) in [5.41, 5.74) is 3.99. The van der Waals surface area contributed by atoms with Gasteiger partial charge in [-0.05, 0) is 93.6 Å². The third-order valence-corrected chi connectivity index (χ3v) is 4.35. The summed E-state index contributed by atoms with van der Waals surface area (Å²) in [6.45, 7) is 5.88. The third kappa shape index (κ3) is 4.79. The Labute approximate surface area is 161 Å². The van der Waals surface area contributed by atoms with E-state index in [1.165, 1.54) is 17.0 Å². The van der Waals surface area contributed by atoms with E-state index in [1.54, 1.807) is 0 Å². The lowest BCUT2D eigenvalue weighted by molar-refractivity contribution is -0.154. The first-order valence-corrected chi connectivity index (χ1v) is 9.19. The zero-order chi connectivity index (χ0) is 19.3. The van der Waals surface area contributed by atoms with E-state index in [9.17, 15) is 4.79 Å². The summed E-state index contributed by atoms with van der Waals surface area (Å²) < 4.78 is 5.42. The molecule has 3 aromatic rings. The highest BCUT2D eigenvalue weighted by Gasteiger charge is 2.24. The number of carbonyl (C=O) groups is 1. The van der Waals surface area contributed by atoms with E-state index >= 15 is 0 Å². The molecule has 27 heavy (non-hydrogen) atoms. The van der Waals surface area contributed by atoms with Gasteiger partial charge in [-0.1, -0.05) is 12.1 Å². The Kier molecular flexibility index (Phi) is 5.66. The van der Waals surface area contributed by atoms with Crippen molar-refractivity contribution in [3.63, 3.8) is 0 Å². The molecule has 0 aliphatic carbocycles. The molecule has 136 valence electrons. The monoisotopic (exact) mass is 357 g/mol. The van der Waals surface area contributed by atoms with Gasteiger partial charge in [0.25, 0.3) is 0 Å². The summed E-state index contributed by atoms with van der Waals surface area (Å²) in [5, 5.41) is 0. The van der Waals surface area contributed by atoms with Gasteiger partial charge in [0.1, 0.15) is 6.61 Å². The van der Waals surface area contributed by atoms with Gasteiger partial charge in [-0.15, -0.1) is 0 Å². The van der Waals surface area contributed by atoms with Crippen molar-refractivity contribution in [2.45, 2.75) is 27.4 Å². The van der Waals surface area contributed by atoms with Gasteiger partial charge < -0.3 is 4.74 Å². The maximum Gasteiger partial charge on any atom is 0.311 e. The number of hydrogen-bond acceptors (Lipinski definition) is 2. The van der Waals surface area contributed by atoms with Crippen LogP contribution in [0.25, 0.3) is 0 Å². The Bertz CT molecular complexity index is 820. The molecule has 0 saturated heterocycles. The van der Waals surface area contributed by atoms with Gasteiger partial charge in [-0.25, -0.2) is 0 Å². The van der Waals surface area contributed by atoms with Crippen molar-refractivity contribution in [1.29, 1.82) is 0 Å². The van der Waals surface area contributed by atoms with Crippen LogP contribution < -0.4 is 0 Å². The van der Waals surface area contributed by atoms with Crippen LogP contribution in [0.15, 0.2) is 84.9 Å². The molecule has 0 fully saturated rings. The Balaban J connectivity index is 1.83. The molecule has 0 amide bonds. The van der Waals surface area contributed by atoms with Crippen molar-refractivity contribution in [1.82, 2.24) is 0 Å². The highest BCUT2D eigenvalue weighted by atomic mass is 16.5. The van der Waals surface area contributed by atoms with Gasteiger partial charge in [-0.3, -0.25) is 4.79 Å². The number of hydrogen-bond donors (Lipinski definition) is 0. The van der Waals surface area contributed by atoms with Crippen LogP contribution in [0.5, 0.6) is 0 Å². The Morgan fingerprint density at radius 1 is 0.741 bits per heavy atom. The lowest BCUT2D eigenvalue weighted by Gasteiger charge is -2.17. The first-order chi connectivity index (χ1) is 12.9. The maximum atomic E-state index is 12.0. The van der Waals surface area contributed by atoms with Crippen molar-refractivity contribution in [3.05, 3.63) is 113 Å². The van der Waals surface area contributed by atoms with Crippen LogP contribution in [-0.4, -0.2) is 5.97 Å². The fourth-order valence-corrected chi connectivity index (χ4v) is 2.84. The van der Waals surface area contributed by atoms with Gasteiger partial charge in [-0.2, -0.15) is 0 Å². The van der Waals surface area contributed by atoms with Crippen molar-refractivity contribution in [2.75, 3.05) is 0 Å². The Morgan fingerprint density at radius 3 is 1.63 bits per heavy atom. The predicted molar refractivity (Wildman–Crippen MR) is 109 cm³/mol. The molecule has 0 aliphatic rings. The molecule has 2 nitrogen and oxygen atoms in total. The molecule has 0 aliphatic heterocycles. The largest absolute Gasteiger partial charge is 0.460 e. The molecule has 0 bridgehead atoms. The quantitative estimate of drug-likeness (QED) is 0.328. The molecule has 0 heterocycles. The van der Waals surface area contributed by atoms with E-state index in [4.69, 9.17) is 4.74 Å². The Hall–Kier alpha value is -3.00. The summed E-state index contributed by atoms with van der Waals surface area (Å²) in [4.78, 5) is 12.0. The van der Waals surface area contributed by atoms with Crippen LogP contribution in [0.3, 0.4) is 0 Å². The van der Waals surface area contributed by atoms with E-state index in [-0.39, 0.29) is 5.97 Å². The van der Waals surface area contributed by atoms with Gasteiger partial charge in [0.15, 0.2) is 0 Å². The molecule has 0 saturated carbocycles. The second-order valence-corrected chi connectivity index (χ2v) is 7.63. The summed E-state index contributed by atoms with van der Waals surface area (Å²) in [6, 6.07) is 29.0. The first kappa shape index (κ1) is 18.8. The molecular weight excluding hydrogens is 332 g/mol. The fourth-order valence-electron chi connectivity index (χ4n) is 2.84. The van der Waals surface area contributed by atoms with E-state index < -0.39 is 5.41 Å². The minimum absolute atomic E-state index is 0.188. The smallest absolute Gasteiger partial charge is 0.311 e. The molecule has 3 aromatic carbocycles. The van der Waals surface area contributed by atoms with E-state index in [2.05, 4.69) is 60.7 Å². The molecular formula is C25H25O2+. The van der Waals surface area contributed by atoms with E-state index in [1.807, 2.05) is 45.0 Å². The molecule has 0 spiro atoms. The van der Waals surface area contributed by atoms with Crippen molar-refractivity contribution in [2.24, 2.45) is 5.41 Å². The van der Waals surface area contributed by atoms with Gasteiger partial charge in [0.2, 0.25) is 0 Å². The Morgan fingerprint density at radius 2 is 1.19 bits per heavy atom. The molecule has 0 atom stereocenters. The SMILES string of the molecule is CC(C)(C)C(=O)OCc1ccc([C+](c2ccccc2)c2ccccc2)cc1. The van der Waals surface area contributed by atoms with Crippen LogP contribution >= 0.6 is 0 Å². The highest BCUT2D eigenvalue weighted by Crippen LogP contribution is 2.31. The number of carbonyl (C=O) groups excluding carboxylic acids is 1. The zero-order valence-electron chi connectivity index (χ0n) is 16.1. The van der Waals surface area contributed by atoms with Crippen molar-refractivity contribution >= 4 is 5.97 Å². The minimum Gasteiger partial charge on any atom is -0.460 e. The molecule has 0 unspecified atom stereocenters. The molecule has 0 N–H and O–H groups in total. The second kappa shape index (κ2) is 8.13. The van der Waals surface area contributed by atoms with Crippen LogP contribution in [0, 0.1) is 11.3 Å². The van der Waals surface area contributed by atoms with Crippen molar-refractivity contribution < 1.29 is 9.53 Å². The van der Waals surface area contributed by atoms with Crippen LogP contribution in [0.1, 0.15) is 43.0 Å². The van der Waals surface area contributed by atoms with Gasteiger partial charge >= 0.3 is 5.97 Å². The highest BCUT2D eigenvalue weighted by molar-refractivity contribution is 5.75. The minimum atomic E-state index is -0.485. The summed E-state index contributed by atoms with van der Waals surface area (Å²) >= 11 is 0. The average molecular weight is 357 g/mol. The van der Waals surface area contributed by atoms with E-state index in [0.29, 0.717) is 6.61 Å². The molecule has 3 rings (SSSR count). The molecule has 0 radical (unpaired) electrons. The van der Waals surface area contributed by atoms with Crippen LogP contribution in [-0.2, 0) is 16.1 Å². The van der Waals surface area contributed by atoms with Crippen molar-refractivity contribution in [3.8, 4) is 0 Å². The van der Waals surface area contributed by atoms with Gasteiger partial charge in [0.05, 0.1) is 28.0 Å². The number of esters is 1. The normalized spacial score (nSPS) is 11.1. The fraction of sp³-hybridized carbons (Fsp3) is 0.200. The summed E-state index contributed by atoms with van der Waals surface area (Å²) in [5.74, 6) is 1.00. The topological polar surface area (TPSA) is 26.3 Å². The van der Waals surface area contributed by atoms with Gasteiger partial charge in [0, 0.05) is 5.56 Å². The average Bonchev–Trinajstić information content (AvgIpc) is 2.68. The van der Waals surface area contributed by atoms with Crippen LogP contribution in [0.4, 0.5) is 0 Å². The number of rotatable bonds is 5. The number of benzene rings is 3. The number of ether oxygens (including phenoxy) is 1. The van der Waals surface area contributed by atoms with Crippen LogP contribution in [0.2, 0.25) is 0 Å². The molecule has 2 heteroatoms. The standard InChI is InChI=1S/C25H25O2/c1-25(2,3)24(26)27-18-19-14-16-22(17-15-19)23(20-10-6-4-7-11-20)21-12-8-5-9-13-21/h4-17H,18H2,1-3H3/q+1. The first-order valence-electron chi connectivity index (χ1n) is 9.19. The maximum absolute atomic E-state index is 12.0. The third-order valence-electron chi connectivity index (χ3n) is 4.35. The lowest BCUT2D eigenvalue weighted by atomic mass is 9.85. The molecule has 0 aromatic heterocycles. The summed E-state index contributed by atoms with van der Waals surface area (Å²) in [6.07, 6.45) is 0. The van der Waals surface area contributed by atoms with E-state index in [0.717, 1.165) is 11.1 Å². The summed E-state index contributed by atoms with van der Waals surface area (Å²) in [7, 11) is 0. The predicted octanol–water partition coefficient (Wildman–Crippen LogP) is 5.80. The zero-order valence-corrected chi connectivity index (χ0v) is 16.1. The lowest BCUT2D eigenvalue weighted by Crippen LogP contribution is -2.22.